The Morgan fingerprint density at radius 3 is 2.56 bits per heavy atom. The highest BCUT2D eigenvalue weighted by Crippen LogP contribution is 2.26. The van der Waals surface area contributed by atoms with Gasteiger partial charge in [-0.1, -0.05) is 0 Å². The van der Waals surface area contributed by atoms with Crippen LogP contribution in [0, 0.1) is 5.92 Å². The molecule has 0 unspecified atom stereocenters. The van der Waals surface area contributed by atoms with Crippen LogP contribution in [0.25, 0.3) is 0 Å². The Hall–Kier alpha value is -1.32. The maximum absolute atomic E-state index is 11.9. The van der Waals surface area contributed by atoms with Gasteiger partial charge < -0.3 is 9.64 Å². The lowest BCUT2D eigenvalue weighted by atomic mass is 9.89. The van der Waals surface area contributed by atoms with E-state index in [1.54, 1.807) is 0 Å². The van der Waals surface area contributed by atoms with E-state index in [1.807, 2.05) is 31.9 Å². The SMILES string of the molecule is CC(C)(C)OC(=O)N1CCC(C2=CC=NC2)CC1. The summed E-state index contributed by atoms with van der Waals surface area (Å²) in [7, 11) is 0. The lowest BCUT2D eigenvalue weighted by Gasteiger charge is -2.33. The molecule has 0 radical (unpaired) electrons. The summed E-state index contributed by atoms with van der Waals surface area (Å²) in [5.41, 5.74) is 1.01. The molecule has 0 aromatic heterocycles. The Labute approximate surface area is 109 Å². The molecular formula is C14H22N2O2. The molecule has 0 saturated carbocycles. The third kappa shape index (κ3) is 3.34. The quantitative estimate of drug-likeness (QED) is 0.718. The molecule has 2 heterocycles. The van der Waals surface area contributed by atoms with Gasteiger partial charge in [0.2, 0.25) is 0 Å². The van der Waals surface area contributed by atoms with Crippen molar-refractivity contribution in [2.24, 2.45) is 10.9 Å². The van der Waals surface area contributed by atoms with Crippen LogP contribution < -0.4 is 0 Å². The average molecular weight is 250 g/mol. The predicted molar refractivity (Wildman–Crippen MR) is 72.0 cm³/mol. The Morgan fingerprint density at radius 2 is 2.06 bits per heavy atom. The van der Waals surface area contributed by atoms with Crippen LogP contribution >= 0.6 is 0 Å². The van der Waals surface area contributed by atoms with E-state index in [9.17, 15) is 4.79 Å². The minimum absolute atomic E-state index is 0.183. The van der Waals surface area contributed by atoms with Crippen LogP contribution in [-0.2, 0) is 4.74 Å². The maximum Gasteiger partial charge on any atom is 0.410 e. The van der Waals surface area contributed by atoms with Gasteiger partial charge in [0.1, 0.15) is 5.60 Å². The molecule has 1 fully saturated rings. The lowest BCUT2D eigenvalue weighted by molar-refractivity contribution is 0.0194. The number of hydrogen-bond acceptors (Lipinski definition) is 3. The van der Waals surface area contributed by atoms with Crippen LogP contribution in [0.3, 0.4) is 0 Å². The fraction of sp³-hybridized carbons (Fsp3) is 0.714. The normalized spacial score (nSPS) is 21.1. The Kier molecular flexibility index (Phi) is 3.73. The zero-order valence-corrected chi connectivity index (χ0v) is 11.5. The smallest absolute Gasteiger partial charge is 0.410 e. The fourth-order valence-corrected chi connectivity index (χ4v) is 2.38. The van der Waals surface area contributed by atoms with E-state index in [0.717, 1.165) is 32.5 Å². The first-order valence-electron chi connectivity index (χ1n) is 6.62. The molecule has 1 saturated heterocycles. The minimum Gasteiger partial charge on any atom is -0.444 e. The van der Waals surface area contributed by atoms with Gasteiger partial charge in [0, 0.05) is 19.3 Å². The first kappa shape index (κ1) is 13.1. The monoisotopic (exact) mass is 250 g/mol. The molecule has 0 aliphatic carbocycles. The molecule has 18 heavy (non-hydrogen) atoms. The number of carbonyl (C=O) groups excluding carboxylic acids is 1. The molecule has 2 rings (SSSR count). The van der Waals surface area contributed by atoms with E-state index in [1.165, 1.54) is 5.57 Å². The molecule has 2 aliphatic rings. The van der Waals surface area contributed by atoms with Crippen LogP contribution in [0.15, 0.2) is 16.6 Å². The van der Waals surface area contributed by atoms with Gasteiger partial charge in [-0.05, 0) is 51.2 Å². The highest BCUT2D eigenvalue weighted by atomic mass is 16.6. The number of amides is 1. The third-order valence-corrected chi connectivity index (χ3v) is 3.34. The van der Waals surface area contributed by atoms with Crippen molar-refractivity contribution in [2.45, 2.75) is 39.2 Å². The van der Waals surface area contributed by atoms with Gasteiger partial charge in [-0.2, -0.15) is 0 Å². The van der Waals surface area contributed by atoms with Crippen molar-refractivity contribution in [1.29, 1.82) is 0 Å². The Morgan fingerprint density at radius 1 is 1.39 bits per heavy atom. The first-order valence-corrected chi connectivity index (χ1v) is 6.62. The summed E-state index contributed by atoms with van der Waals surface area (Å²) in [6.07, 6.45) is 5.87. The van der Waals surface area contributed by atoms with Crippen molar-refractivity contribution in [1.82, 2.24) is 4.90 Å². The molecule has 0 spiro atoms. The van der Waals surface area contributed by atoms with E-state index in [2.05, 4.69) is 11.1 Å². The molecule has 4 nitrogen and oxygen atoms in total. The van der Waals surface area contributed by atoms with E-state index >= 15 is 0 Å². The number of ether oxygens (including phenoxy) is 1. The second kappa shape index (κ2) is 5.12. The highest BCUT2D eigenvalue weighted by Gasteiger charge is 2.28. The van der Waals surface area contributed by atoms with Crippen LogP contribution in [0.4, 0.5) is 4.79 Å². The molecule has 100 valence electrons. The zero-order chi connectivity index (χ0) is 13.2. The van der Waals surface area contributed by atoms with Gasteiger partial charge in [-0.15, -0.1) is 0 Å². The van der Waals surface area contributed by atoms with E-state index < -0.39 is 5.60 Å². The van der Waals surface area contributed by atoms with Gasteiger partial charge in [-0.25, -0.2) is 4.79 Å². The second-order valence-electron chi connectivity index (χ2n) is 5.97. The summed E-state index contributed by atoms with van der Waals surface area (Å²) in [4.78, 5) is 17.9. The van der Waals surface area contributed by atoms with Gasteiger partial charge in [0.05, 0.1) is 6.54 Å². The predicted octanol–water partition coefficient (Wildman–Crippen LogP) is 2.64. The number of nitrogens with zero attached hydrogens (tertiary/aromatic N) is 2. The van der Waals surface area contributed by atoms with Crippen molar-refractivity contribution in [3.8, 4) is 0 Å². The summed E-state index contributed by atoms with van der Waals surface area (Å²) in [5.74, 6) is 0.589. The largest absolute Gasteiger partial charge is 0.444 e. The van der Waals surface area contributed by atoms with Crippen LogP contribution in [-0.4, -0.2) is 42.4 Å². The highest BCUT2D eigenvalue weighted by molar-refractivity contribution is 5.75. The molecule has 1 amide bonds. The van der Waals surface area contributed by atoms with Crippen molar-refractivity contribution in [2.75, 3.05) is 19.6 Å². The first-order chi connectivity index (χ1) is 8.46. The summed E-state index contributed by atoms with van der Waals surface area (Å²) in [5, 5.41) is 0. The number of hydrogen-bond donors (Lipinski definition) is 0. The zero-order valence-electron chi connectivity index (χ0n) is 11.5. The van der Waals surface area contributed by atoms with Gasteiger partial charge in [0.25, 0.3) is 0 Å². The van der Waals surface area contributed by atoms with Crippen LogP contribution in [0.2, 0.25) is 0 Å². The van der Waals surface area contributed by atoms with E-state index in [-0.39, 0.29) is 6.09 Å². The van der Waals surface area contributed by atoms with Gasteiger partial charge in [-0.3, -0.25) is 4.99 Å². The van der Waals surface area contributed by atoms with Crippen LogP contribution in [0.5, 0.6) is 0 Å². The summed E-state index contributed by atoms with van der Waals surface area (Å²) in [6.45, 7) is 8.12. The molecule has 4 heteroatoms. The maximum atomic E-state index is 11.9. The molecule has 0 aromatic rings. The van der Waals surface area contributed by atoms with Crippen LogP contribution in [0.1, 0.15) is 33.6 Å². The Bertz CT molecular complexity index is 372. The van der Waals surface area contributed by atoms with Gasteiger partial charge >= 0.3 is 6.09 Å². The summed E-state index contributed by atoms with van der Waals surface area (Å²) in [6, 6.07) is 0. The van der Waals surface area contributed by atoms with Crippen molar-refractivity contribution in [3.05, 3.63) is 11.6 Å². The summed E-state index contributed by atoms with van der Waals surface area (Å²) >= 11 is 0. The number of piperidine rings is 1. The number of carbonyl (C=O) groups is 1. The lowest BCUT2D eigenvalue weighted by Crippen LogP contribution is -2.42. The molecule has 0 bridgehead atoms. The third-order valence-electron chi connectivity index (χ3n) is 3.34. The Balaban J connectivity index is 1.81. The number of aliphatic imine (C=N–C) groups is 1. The number of rotatable bonds is 1. The molecule has 0 N–H and O–H groups in total. The molecular weight excluding hydrogens is 228 g/mol. The molecule has 2 aliphatic heterocycles. The second-order valence-corrected chi connectivity index (χ2v) is 5.97. The fourth-order valence-electron chi connectivity index (χ4n) is 2.38. The number of likely N-dealkylation sites (tertiary alicyclic amines) is 1. The van der Waals surface area contributed by atoms with E-state index in [4.69, 9.17) is 4.74 Å². The average Bonchev–Trinajstić information content (AvgIpc) is 2.80. The standard InChI is InChI=1S/C14H22N2O2/c1-14(2,3)18-13(17)16-8-5-11(6-9-16)12-4-7-15-10-12/h4,7,11H,5-6,8-10H2,1-3H3. The number of allylic oxidation sites excluding steroid dienone is 1. The molecule has 0 atom stereocenters. The molecule has 0 aromatic carbocycles. The van der Waals surface area contributed by atoms with Crippen molar-refractivity contribution < 1.29 is 9.53 Å². The topological polar surface area (TPSA) is 41.9 Å². The van der Waals surface area contributed by atoms with Crippen molar-refractivity contribution >= 4 is 12.3 Å². The summed E-state index contributed by atoms with van der Waals surface area (Å²) < 4.78 is 5.39. The van der Waals surface area contributed by atoms with Gasteiger partial charge in [0.15, 0.2) is 0 Å². The minimum atomic E-state index is -0.407. The van der Waals surface area contributed by atoms with Crippen molar-refractivity contribution in [3.63, 3.8) is 0 Å². The van der Waals surface area contributed by atoms with E-state index in [0.29, 0.717) is 5.92 Å².